The number of carbonyl (C=O) groups is 1. The van der Waals surface area contributed by atoms with Crippen LogP contribution in [0.5, 0.6) is 0 Å². The van der Waals surface area contributed by atoms with Gasteiger partial charge in [0.1, 0.15) is 0 Å². The predicted molar refractivity (Wildman–Crippen MR) is 115 cm³/mol. The summed E-state index contributed by atoms with van der Waals surface area (Å²) in [6.45, 7) is 7.02. The Hall–Kier alpha value is -0.650. The predicted octanol–water partition coefficient (Wildman–Crippen LogP) is 3.84. The number of aliphatic hydroxyl groups excluding tert-OH is 3. The molecule has 4 fully saturated rings. The SMILES string of the molecule is C[C@H](CCCC(=O)O)[C@H]1CC[C@H]2[C@@H]3[C@@H](O)[C@H](O)[C@@H]4C[C@H](O)CC[C@]4(C)[C@H]3CC[C@]12C. The van der Waals surface area contributed by atoms with Crippen molar-refractivity contribution < 1.29 is 25.2 Å². The second-order valence-corrected chi connectivity index (χ2v) is 11.8. The van der Waals surface area contributed by atoms with Crippen LogP contribution >= 0.6 is 0 Å². The Morgan fingerprint density at radius 3 is 2.30 bits per heavy atom. The van der Waals surface area contributed by atoms with E-state index < -0.39 is 18.2 Å². The fraction of sp³-hybridized carbons (Fsp3) is 0.960. The van der Waals surface area contributed by atoms with Crippen LogP contribution in [0.4, 0.5) is 0 Å². The number of rotatable bonds is 5. The van der Waals surface area contributed by atoms with Crippen LogP contribution in [0.1, 0.15) is 85.0 Å². The van der Waals surface area contributed by atoms with Crippen LogP contribution in [-0.2, 0) is 4.79 Å². The summed E-state index contributed by atoms with van der Waals surface area (Å²) in [5.41, 5.74) is 0.178. The van der Waals surface area contributed by atoms with Gasteiger partial charge in [-0.15, -0.1) is 0 Å². The third-order valence-electron chi connectivity index (χ3n) is 10.5. The van der Waals surface area contributed by atoms with Gasteiger partial charge in [-0.1, -0.05) is 20.8 Å². The molecule has 0 bridgehead atoms. The van der Waals surface area contributed by atoms with E-state index in [9.17, 15) is 20.1 Å². The average molecular weight is 423 g/mol. The third-order valence-corrected chi connectivity index (χ3v) is 10.5. The average Bonchev–Trinajstić information content (AvgIpc) is 3.04. The first kappa shape index (κ1) is 22.5. The zero-order valence-electron chi connectivity index (χ0n) is 19.0. The van der Waals surface area contributed by atoms with Gasteiger partial charge in [0.2, 0.25) is 0 Å². The van der Waals surface area contributed by atoms with Gasteiger partial charge in [0.05, 0.1) is 18.3 Å². The van der Waals surface area contributed by atoms with Crippen LogP contribution in [-0.4, -0.2) is 44.7 Å². The smallest absolute Gasteiger partial charge is 0.303 e. The molecule has 4 aliphatic carbocycles. The van der Waals surface area contributed by atoms with Crippen molar-refractivity contribution in [2.75, 3.05) is 0 Å². The van der Waals surface area contributed by atoms with Gasteiger partial charge in [0.25, 0.3) is 0 Å². The quantitative estimate of drug-likeness (QED) is 0.540. The van der Waals surface area contributed by atoms with E-state index in [1.165, 1.54) is 6.42 Å². The summed E-state index contributed by atoms with van der Waals surface area (Å²) in [6, 6.07) is 0. The lowest BCUT2D eigenvalue weighted by Gasteiger charge is -2.63. The molecule has 0 aromatic heterocycles. The molecule has 4 saturated carbocycles. The summed E-state index contributed by atoms with van der Waals surface area (Å²) in [6.07, 6.45) is 7.07. The first-order chi connectivity index (χ1) is 14.1. The van der Waals surface area contributed by atoms with Crippen LogP contribution in [0.25, 0.3) is 0 Å². The van der Waals surface area contributed by atoms with Crippen molar-refractivity contribution in [2.24, 2.45) is 46.3 Å². The number of hydrogen-bond acceptors (Lipinski definition) is 4. The maximum absolute atomic E-state index is 11.3. The first-order valence-electron chi connectivity index (χ1n) is 12.4. The summed E-state index contributed by atoms with van der Waals surface area (Å²) in [7, 11) is 0. The molecule has 0 amide bonds. The van der Waals surface area contributed by atoms with Crippen LogP contribution < -0.4 is 0 Å². The molecule has 0 aliphatic heterocycles. The largest absolute Gasteiger partial charge is 0.481 e. The molecule has 0 unspecified atom stereocenters. The number of carboxylic acids is 1. The van der Waals surface area contributed by atoms with E-state index in [4.69, 9.17) is 5.11 Å². The van der Waals surface area contributed by atoms with Crippen molar-refractivity contribution in [3.8, 4) is 0 Å². The molecule has 4 N–H and O–H groups in total. The molecule has 172 valence electrons. The topological polar surface area (TPSA) is 98.0 Å². The van der Waals surface area contributed by atoms with Crippen molar-refractivity contribution in [1.29, 1.82) is 0 Å². The summed E-state index contributed by atoms with van der Waals surface area (Å²) < 4.78 is 0. The molecule has 0 aromatic carbocycles. The van der Waals surface area contributed by atoms with E-state index in [0.29, 0.717) is 30.1 Å². The van der Waals surface area contributed by atoms with Gasteiger partial charge in [-0.3, -0.25) is 4.79 Å². The minimum absolute atomic E-state index is 0.00556. The maximum Gasteiger partial charge on any atom is 0.303 e. The fourth-order valence-corrected chi connectivity index (χ4v) is 8.99. The second kappa shape index (κ2) is 8.04. The van der Waals surface area contributed by atoms with Gasteiger partial charge in [-0.25, -0.2) is 0 Å². The Bertz CT molecular complexity index is 651. The molecule has 0 spiro atoms. The Kier molecular flexibility index (Phi) is 6.04. The van der Waals surface area contributed by atoms with E-state index in [1.54, 1.807) is 0 Å². The Morgan fingerprint density at radius 2 is 1.60 bits per heavy atom. The monoisotopic (exact) mass is 422 g/mol. The fourth-order valence-electron chi connectivity index (χ4n) is 8.99. The summed E-state index contributed by atoms with van der Waals surface area (Å²) in [4.78, 5) is 10.9. The standard InChI is InChI=1S/C25H42O5/c1-14(5-4-6-20(27)28)16-7-8-17-21-18(10-12-24(16,17)2)25(3)11-9-15(26)13-19(25)22(29)23(21)30/h14-19,21-23,26,29-30H,4-13H2,1-3H3,(H,27,28)/t14-,15-,16-,17+,18+,19+,21+,22-,23-,24-,25-/m1/s1. The van der Waals surface area contributed by atoms with E-state index in [-0.39, 0.29) is 35.2 Å². The lowest BCUT2D eigenvalue weighted by molar-refractivity contribution is -0.223. The second-order valence-electron chi connectivity index (χ2n) is 11.8. The first-order valence-corrected chi connectivity index (χ1v) is 12.4. The van der Waals surface area contributed by atoms with Crippen LogP contribution in [0, 0.1) is 46.3 Å². The molecule has 4 rings (SSSR count). The van der Waals surface area contributed by atoms with Crippen molar-refractivity contribution in [2.45, 2.75) is 103 Å². The summed E-state index contributed by atoms with van der Waals surface area (Å²) in [5.74, 6) is 1.35. The van der Waals surface area contributed by atoms with Crippen LogP contribution in [0.2, 0.25) is 0 Å². The Balaban J connectivity index is 1.55. The number of aliphatic hydroxyl groups is 3. The van der Waals surface area contributed by atoms with E-state index >= 15 is 0 Å². The number of aliphatic carboxylic acids is 1. The van der Waals surface area contributed by atoms with Gasteiger partial charge in [0.15, 0.2) is 0 Å². The Labute approximate surface area is 181 Å². The van der Waals surface area contributed by atoms with E-state index in [1.807, 2.05) is 0 Å². The molecule has 30 heavy (non-hydrogen) atoms. The minimum atomic E-state index is -0.736. The third kappa shape index (κ3) is 3.44. The van der Waals surface area contributed by atoms with Gasteiger partial charge in [-0.05, 0) is 104 Å². The number of carboxylic acid groups (broad SMARTS) is 1. The highest BCUT2D eigenvalue weighted by Gasteiger charge is 2.65. The van der Waals surface area contributed by atoms with Crippen molar-refractivity contribution in [3.05, 3.63) is 0 Å². The van der Waals surface area contributed by atoms with E-state index in [0.717, 1.165) is 44.9 Å². The van der Waals surface area contributed by atoms with Gasteiger partial charge in [-0.2, -0.15) is 0 Å². The van der Waals surface area contributed by atoms with Crippen molar-refractivity contribution in [3.63, 3.8) is 0 Å². The number of hydrogen-bond donors (Lipinski definition) is 4. The molecule has 0 radical (unpaired) electrons. The highest BCUT2D eigenvalue weighted by Crippen LogP contribution is 2.68. The number of fused-ring (bicyclic) bond motifs is 5. The maximum atomic E-state index is 11.3. The van der Waals surface area contributed by atoms with Crippen molar-refractivity contribution >= 4 is 5.97 Å². The summed E-state index contributed by atoms with van der Waals surface area (Å²) in [5, 5.41) is 41.6. The highest BCUT2D eigenvalue weighted by atomic mass is 16.4. The van der Waals surface area contributed by atoms with Gasteiger partial charge < -0.3 is 20.4 Å². The minimum Gasteiger partial charge on any atom is -0.481 e. The molecule has 5 nitrogen and oxygen atoms in total. The lowest BCUT2D eigenvalue weighted by Crippen LogP contribution is -2.64. The van der Waals surface area contributed by atoms with E-state index in [2.05, 4.69) is 20.8 Å². The van der Waals surface area contributed by atoms with Gasteiger partial charge >= 0.3 is 5.97 Å². The molecule has 5 heteroatoms. The zero-order chi connectivity index (χ0) is 21.8. The molecule has 0 saturated heterocycles. The summed E-state index contributed by atoms with van der Waals surface area (Å²) >= 11 is 0. The molecule has 0 heterocycles. The van der Waals surface area contributed by atoms with Crippen LogP contribution in [0.15, 0.2) is 0 Å². The molecule has 4 aliphatic rings. The lowest BCUT2D eigenvalue weighted by atomic mass is 9.43. The molecule has 0 aromatic rings. The zero-order valence-corrected chi connectivity index (χ0v) is 19.0. The normalized spacial score (nSPS) is 51.5. The van der Waals surface area contributed by atoms with Crippen LogP contribution in [0.3, 0.4) is 0 Å². The molecular formula is C25H42O5. The van der Waals surface area contributed by atoms with Crippen molar-refractivity contribution in [1.82, 2.24) is 0 Å². The Morgan fingerprint density at radius 1 is 0.933 bits per heavy atom. The molecule has 11 atom stereocenters. The highest BCUT2D eigenvalue weighted by molar-refractivity contribution is 5.66. The molecular weight excluding hydrogens is 380 g/mol. The van der Waals surface area contributed by atoms with Gasteiger partial charge in [0, 0.05) is 6.42 Å².